The van der Waals surface area contributed by atoms with Crippen LogP contribution in [-0.4, -0.2) is 18.0 Å². The van der Waals surface area contributed by atoms with Crippen molar-refractivity contribution in [1.82, 2.24) is 4.98 Å². The van der Waals surface area contributed by atoms with Crippen LogP contribution in [0.3, 0.4) is 0 Å². The Bertz CT molecular complexity index is 1140. The number of rotatable bonds is 5. The largest absolute Gasteiger partial charge is 0.324 e. The van der Waals surface area contributed by atoms with Gasteiger partial charge in [0, 0.05) is 11.1 Å². The van der Waals surface area contributed by atoms with Gasteiger partial charge in [0.2, 0.25) is 0 Å². The Morgan fingerprint density at radius 3 is 2.54 bits per heavy atom. The van der Waals surface area contributed by atoms with E-state index in [0.29, 0.717) is 27.2 Å². The predicted octanol–water partition coefficient (Wildman–Crippen LogP) is 2.99. The Morgan fingerprint density at radius 2 is 1.89 bits per heavy atom. The third-order valence-electron chi connectivity index (χ3n) is 4.19. The lowest BCUT2D eigenvalue weighted by molar-refractivity contribution is -0.624. The zero-order chi connectivity index (χ0) is 20.5. The molecule has 0 spiro atoms. The Morgan fingerprint density at radius 1 is 1.21 bits per heavy atom. The fourth-order valence-electron chi connectivity index (χ4n) is 3.18. The molecule has 28 heavy (non-hydrogen) atoms. The number of nitrogens with zero attached hydrogens (tertiary/aromatic N) is 2. The predicted molar refractivity (Wildman–Crippen MR) is 111 cm³/mol. The van der Waals surface area contributed by atoms with Gasteiger partial charge in [-0.1, -0.05) is 48.0 Å². The maximum absolute atomic E-state index is 11.9. The molecule has 0 atom stereocenters. The number of benzene rings is 2. The highest BCUT2D eigenvalue weighted by Crippen LogP contribution is 2.27. The number of halogens is 1. The molecule has 0 fully saturated rings. The Hall–Kier alpha value is -2.49. The normalized spacial score (nSPS) is 11.4. The highest BCUT2D eigenvalue weighted by Gasteiger charge is 2.23. The Balaban J connectivity index is 2.06. The maximum Gasteiger partial charge on any atom is 0.324 e. The monoisotopic (exact) mass is 463 g/mol. The lowest BCUT2D eigenvalue weighted by atomic mass is 10.1. The first-order chi connectivity index (χ1) is 13.2. The van der Waals surface area contributed by atoms with E-state index >= 15 is 0 Å². The lowest BCUT2D eigenvalue weighted by Crippen LogP contribution is -2.47. The first-order valence-electron chi connectivity index (χ1n) is 8.41. The molecule has 0 unspecified atom stereocenters. The summed E-state index contributed by atoms with van der Waals surface area (Å²) in [5.41, 5.74) is 3.27. The van der Waals surface area contributed by atoms with Crippen LogP contribution in [0, 0.1) is 13.8 Å². The van der Waals surface area contributed by atoms with Crippen LogP contribution in [0.2, 0.25) is 0 Å². The second-order valence-electron chi connectivity index (χ2n) is 6.43. The summed E-state index contributed by atoms with van der Waals surface area (Å²) in [5, 5.41) is 3.17. The van der Waals surface area contributed by atoms with Crippen LogP contribution in [0.25, 0.3) is 11.3 Å². The van der Waals surface area contributed by atoms with Crippen molar-refractivity contribution < 1.29 is 17.6 Å². The van der Waals surface area contributed by atoms with Gasteiger partial charge in [0.15, 0.2) is 11.9 Å². The molecule has 0 aliphatic carbocycles. The van der Waals surface area contributed by atoms with Crippen LogP contribution < -0.4 is 15.8 Å². The summed E-state index contributed by atoms with van der Waals surface area (Å²) < 4.78 is 35.4. The van der Waals surface area contributed by atoms with Crippen molar-refractivity contribution in [2.75, 3.05) is 11.2 Å². The second-order valence-corrected chi connectivity index (χ2v) is 8.60. The topological polar surface area (TPSA) is 109 Å². The van der Waals surface area contributed by atoms with Gasteiger partial charge in [0.05, 0.1) is 0 Å². The molecule has 146 valence electrons. The molecule has 0 radical (unpaired) electrons. The van der Waals surface area contributed by atoms with E-state index in [4.69, 9.17) is 5.84 Å². The van der Waals surface area contributed by atoms with E-state index in [0.717, 1.165) is 11.1 Å². The van der Waals surface area contributed by atoms with Gasteiger partial charge < -0.3 is 0 Å². The van der Waals surface area contributed by atoms with Crippen LogP contribution in [0.4, 0.5) is 5.82 Å². The molecule has 0 aliphatic rings. The van der Waals surface area contributed by atoms with Gasteiger partial charge in [-0.2, -0.15) is 8.42 Å². The van der Waals surface area contributed by atoms with Crippen molar-refractivity contribution in [2.45, 2.75) is 25.3 Å². The molecule has 0 saturated heterocycles. The van der Waals surface area contributed by atoms with Crippen molar-refractivity contribution in [3.63, 3.8) is 0 Å². The van der Waals surface area contributed by atoms with Gasteiger partial charge >= 0.3 is 5.82 Å². The lowest BCUT2D eigenvalue weighted by Gasteiger charge is -2.12. The minimum absolute atomic E-state index is 0.0968. The van der Waals surface area contributed by atoms with Crippen molar-refractivity contribution in [2.24, 2.45) is 0 Å². The molecular formula is C19H20BrN4O3S+. The van der Waals surface area contributed by atoms with Gasteiger partial charge in [-0.25, -0.2) is 4.98 Å². The number of nitrogens with one attached hydrogen (secondary N) is 1. The Kier molecular flexibility index (Phi) is 5.69. The SMILES string of the molecule is Cc1cc(C)c(S(=O)(=O)O)c(CNc2c(-c3ccccc3)nc(Br)c[n+]2N)c1. The average molecular weight is 464 g/mol. The number of aryl methyl sites for hydroxylation is 2. The number of aromatic nitrogens is 2. The van der Waals surface area contributed by atoms with Gasteiger partial charge in [-0.05, 0) is 35.3 Å². The van der Waals surface area contributed by atoms with E-state index in [1.165, 1.54) is 4.68 Å². The van der Waals surface area contributed by atoms with E-state index in [9.17, 15) is 13.0 Å². The quantitative estimate of drug-likeness (QED) is 0.304. The summed E-state index contributed by atoms with van der Waals surface area (Å²) >= 11 is 3.35. The van der Waals surface area contributed by atoms with E-state index in [2.05, 4.69) is 26.2 Å². The van der Waals surface area contributed by atoms with E-state index in [-0.39, 0.29) is 11.4 Å². The summed E-state index contributed by atoms with van der Waals surface area (Å²) in [6, 6.07) is 12.9. The number of hydrogen-bond donors (Lipinski definition) is 3. The molecule has 0 amide bonds. The maximum atomic E-state index is 11.9. The van der Waals surface area contributed by atoms with Gasteiger partial charge in [-0.3, -0.25) is 15.7 Å². The standard InChI is InChI=1S/C19H19BrN4O3S/c1-12-8-13(2)18(28(25,26)27)15(9-12)10-22-19-17(14-6-4-3-5-7-14)23-16(20)11-24(19)21/h3-9,11H,10,21H2,1-2H3,(H,25,26,27)/p+1. The summed E-state index contributed by atoms with van der Waals surface area (Å²) in [4.78, 5) is 4.41. The molecule has 3 rings (SSSR count). The van der Waals surface area contributed by atoms with Gasteiger partial charge in [-0.15, -0.1) is 4.68 Å². The molecule has 0 aliphatic heterocycles. The first-order valence-corrected chi connectivity index (χ1v) is 10.6. The fourth-order valence-corrected chi connectivity index (χ4v) is 4.51. The molecule has 0 bridgehead atoms. The van der Waals surface area contributed by atoms with Crippen molar-refractivity contribution in [3.05, 3.63) is 70.0 Å². The third-order valence-corrected chi connectivity index (χ3v) is 5.68. The number of nitrogens with two attached hydrogens (primary N) is 1. The number of anilines is 1. The molecule has 9 heteroatoms. The highest BCUT2D eigenvalue weighted by atomic mass is 79.9. The fraction of sp³-hybridized carbons (Fsp3) is 0.158. The van der Waals surface area contributed by atoms with Gasteiger partial charge in [0.1, 0.15) is 16.0 Å². The van der Waals surface area contributed by atoms with Crippen molar-refractivity contribution >= 4 is 31.9 Å². The van der Waals surface area contributed by atoms with E-state index in [1.54, 1.807) is 25.3 Å². The smallest absolute Gasteiger partial charge is 0.282 e. The Labute approximate surface area is 172 Å². The van der Waals surface area contributed by atoms with Crippen LogP contribution in [0.1, 0.15) is 16.7 Å². The highest BCUT2D eigenvalue weighted by molar-refractivity contribution is 9.10. The van der Waals surface area contributed by atoms with Crippen molar-refractivity contribution in [3.8, 4) is 11.3 Å². The third kappa shape index (κ3) is 4.32. The van der Waals surface area contributed by atoms with Crippen LogP contribution in [0.5, 0.6) is 0 Å². The summed E-state index contributed by atoms with van der Waals surface area (Å²) in [5.74, 6) is 6.63. The molecule has 1 heterocycles. The van der Waals surface area contributed by atoms with E-state index in [1.807, 2.05) is 37.3 Å². The first kappa shape index (κ1) is 20.2. The van der Waals surface area contributed by atoms with Crippen LogP contribution in [0.15, 0.2) is 58.2 Å². The molecule has 3 aromatic rings. The van der Waals surface area contributed by atoms with E-state index < -0.39 is 10.1 Å². The number of hydrogen-bond acceptors (Lipinski definition) is 5. The zero-order valence-electron chi connectivity index (χ0n) is 15.3. The molecule has 7 nitrogen and oxygen atoms in total. The average Bonchev–Trinajstić information content (AvgIpc) is 2.59. The number of nitrogen functional groups attached to an aromatic ring is 1. The van der Waals surface area contributed by atoms with Crippen molar-refractivity contribution in [1.29, 1.82) is 0 Å². The van der Waals surface area contributed by atoms with Crippen LogP contribution >= 0.6 is 15.9 Å². The summed E-state index contributed by atoms with van der Waals surface area (Å²) in [6.45, 7) is 3.65. The minimum Gasteiger partial charge on any atom is -0.282 e. The molecule has 4 N–H and O–H groups in total. The molecular weight excluding hydrogens is 444 g/mol. The van der Waals surface area contributed by atoms with Crippen LogP contribution in [-0.2, 0) is 16.7 Å². The summed E-state index contributed by atoms with van der Waals surface area (Å²) in [7, 11) is -4.37. The summed E-state index contributed by atoms with van der Waals surface area (Å²) in [6.07, 6.45) is 1.60. The zero-order valence-corrected chi connectivity index (χ0v) is 17.8. The molecule has 0 saturated carbocycles. The molecule has 2 aromatic carbocycles. The second kappa shape index (κ2) is 7.86. The molecule has 1 aromatic heterocycles. The van der Waals surface area contributed by atoms with Gasteiger partial charge in [0.25, 0.3) is 10.1 Å². The minimum atomic E-state index is -4.37.